The van der Waals surface area contributed by atoms with Gasteiger partial charge in [-0.25, -0.2) is 14.1 Å². The second-order valence-corrected chi connectivity index (χ2v) is 7.63. The lowest BCUT2D eigenvalue weighted by Crippen LogP contribution is -2.32. The van der Waals surface area contributed by atoms with Gasteiger partial charge in [0.2, 0.25) is 0 Å². The number of amides is 1. The molecule has 1 aromatic carbocycles. The molecular formula is C22H17F4N5O2. The predicted octanol–water partition coefficient (Wildman–Crippen LogP) is 4.07. The highest BCUT2D eigenvalue weighted by Crippen LogP contribution is 2.31. The van der Waals surface area contributed by atoms with Crippen LogP contribution in [0, 0.1) is 24.1 Å². The van der Waals surface area contributed by atoms with E-state index in [1.54, 1.807) is 13.1 Å². The number of nitrogens with zero attached hydrogens (tertiary/aromatic N) is 5. The van der Waals surface area contributed by atoms with E-state index in [0.29, 0.717) is 17.1 Å². The molecule has 0 spiro atoms. The summed E-state index contributed by atoms with van der Waals surface area (Å²) >= 11 is 0. The molecule has 1 atom stereocenters. The molecule has 11 heteroatoms. The summed E-state index contributed by atoms with van der Waals surface area (Å²) in [4.78, 5) is 18.6. The molecule has 2 aromatic heterocycles. The third kappa shape index (κ3) is 4.37. The van der Waals surface area contributed by atoms with E-state index in [4.69, 9.17) is 10.00 Å². The Balaban J connectivity index is 1.58. The van der Waals surface area contributed by atoms with Crippen molar-refractivity contribution in [3.63, 3.8) is 0 Å². The number of carbonyl (C=O) groups excluding carboxylic acids is 1. The molecular weight excluding hydrogens is 442 g/mol. The second-order valence-electron chi connectivity index (χ2n) is 7.63. The Morgan fingerprint density at radius 3 is 2.67 bits per heavy atom. The van der Waals surface area contributed by atoms with Crippen LogP contribution >= 0.6 is 0 Å². The third-order valence-corrected chi connectivity index (χ3v) is 5.20. The average molecular weight is 459 g/mol. The molecule has 3 heterocycles. The molecule has 3 aromatic rings. The van der Waals surface area contributed by atoms with E-state index in [-0.39, 0.29) is 30.0 Å². The minimum absolute atomic E-state index is 0.104. The van der Waals surface area contributed by atoms with Gasteiger partial charge >= 0.3 is 6.18 Å². The number of halogens is 4. The summed E-state index contributed by atoms with van der Waals surface area (Å²) in [5.41, 5.74) is 1.86. The van der Waals surface area contributed by atoms with Gasteiger partial charge in [-0.3, -0.25) is 4.79 Å². The van der Waals surface area contributed by atoms with Gasteiger partial charge in [0.05, 0.1) is 35.6 Å². The minimum Gasteiger partial charge on any atom is -0.480 e. The fourth-order valence-corrected chi connectivity index (χ4v) is 3.48. The Labute approximate surface area is 185 Å². The van der Waals surface area contributed by atoms with Crippen LogP contribution in [-0.2, 0) is 13.1 Å². The van der Waals surface area contributed by atoms with E-state index in [9.17, 15) is 22.4 Å². The van der Waals surface area contributed by atoms with E-state index >= 15 is 0 Å². The summed E-state index contributed by atoms with van der Waals surface area (Å²) in [6.45, 7) is 2.79. The van der Waals surface area contributed by atoms with Gasteiger partial charge in [-0.1, -0.05) is 0 Å². The molecule has 0 saturated carbocycles. The fraction of sp³-hybridized carbons (Fsp3) is 0.273. The monoisotopic (exact) mass is 459 g/mol. The summed E-state index contributed by atoms with van der Waals surface area (Å²) < 4.78 is 58.7. The van der Waals surface area contributed by atoms with Crippen LogP contribution < -0.4 is 4.74 Å². The minimum atomic E-state index is -4.62. The summed E-state index contributed by atoms with van der Waals surface area (Å²) in [7, 11) is 0. The van der Waals surface area contributed by atoms with Gasteiger partial charge in [0.1, 0.15) is 11.6 Å². The molecule has 0 unspecified atom stereocenters. The van der Waals surface area contributed by atoms with Gasteiger partial charge in [-0.15, -0.1) is 0 Å². The van der Waals surface area contributed by atoms with Crippen LogP contribution in [0.1, 0.15) is 39.7 Å². The van der Waals surface area contributed by atoms with Crippen molar-refractivity contribution >= 4 is 5.91 Å². The fourth-order valence-electron chi connectivity index (χ4n) is 3.48. The Morgan fingerprint density at radius 2 is 2.03 bits per heavy atom. The SMILES string of the molecule is Cc1cc(F)cnc1-n1cc2c(n1)CN(C(=O)c1cc(C#N)ccc1O[C@@H](C)C(F)(F)F)C2. The second kappa shape index (κ2) is 8.20. The number of pyridine rings is 1. The third-order valence-electron chi connectivity index (χ3n) is 5.20. The molecule has 7 nitrogen and oxygen atoms in total. The van der Waals surface area contributed by atoms with Crippen molar-refractivity contribution in [2.24, 2.45) is 0 Å². The van der Waals surface area contributed by atoms with Crippen LogP contribution in [0.25, 0.3) is 5.82 Å². The molecule has 4 rings (SSSR count). The summed E-state index contributed by atoms with van der Waals surface area (Å²) in [6.07, 6.45) is -4.00. The van der Waals surface area contributed by atoms with Crippen molar-refractivity contribution in [3.05, 3.63) is 70.4 Å². The van der Waals surface area contributed by atoms with Crippen molar-refractivity contribution in [3.8, 4) is 17.6 Å². The van der Waals surface area contributed by atoms with E-state index in [1.165, 1.54) is 33.8 Å². The van der Waals surface area contributed by atoms with Gasteiger partial charge in [0.25, 0.3) is 5.91 Å². The number of aromatic nitrogens is 3. The lowest BCUT2D eigenvalue weighted by molar-refractivity contribution is -0.189. The van der Waals surface area contributed by atoms with Crippen LogP contribution in [0.15, 0.2) is 36.7 Å². The highest BCUT2D eigenvalue weighted by atomic mass is 19.4. The van der Waals surface area contributed by atoms with Crippen molar-refractivity contribution < 1.29 is 27.1 Å². The first-order valence-electron chi connectivity index (χ1n) is 9.83. The predicted molar refractivity (Wildman–Crippen MR) is 107 cm³/mol. The number of fused-ring (bicyclic) bond motifs is 1. The normalized spacial score (nSPS) is 14.0. The molecule has 1 aliphatic rings. The number of carbonyl (C=O) groups is 1. The zero-order valence-electron chi connectivity index (χ0n) is 17.5. The quantitative estimate of drug-likeness (QED) is 0.549. The number of rotatable bonds is 4. The summed E-state index contributed by atoms with van der Waals surface area (Å²) in [5, 5.41) is 13.6. The van der Waals surface area contributed by atoms with Gasteiger partial charge in [0, 0.05) is 18.3 Å². The zero-order chi connectivity index (χ0) is 23.9. The molecule has 1 aliphatic heterocycles. The molecule has 0 N–H and O–H groups in total. The topological polar surface area (TPSA) is 84.0 Å². The molecule has 0 aliphatic carbocycles. The van der Waals surface area contributed by atoms with E-state index < -0.39 is 24.0 Å². The van der Waals surface area contributed by atoms with Crippen molar-refractivity contribution in [2.75, 3.05) is 0 Å². The van der Waals surface area contributed by atoms with Crippen molar-refractivity contribution in [1.29, 1.82) is 5.26 Å². The van der Waals surface area contributed by atoms with Crippen LogP contribution in [-0.4, -0.2) is 37.9 Å². The molecule has 0 bridgehead atoms. The molecule has 0 fully saturated rings. The van der Waals surface area contributed by atoms with Crippen LogP contribution in [0.2, 0.25) is 0 Å². The Bertz CT molecular complexity index is 1260. The first-order chi connectivity index (χ1) is 15.6. The standard InChI is InChI=1S/C22H17F4N5O2/c1-12-5-16(23)8-28-20(12)31-10-15-9-30(11-18(15)29-31)21(32)17-6-14(7-27)3-4-19(17)33-13(2)22(24,25)26/h3-6,8,10,13H,9,11H2,1-2H3/t13-/m0/s1. The number of hydrogen-bond donors (Lipinski definition) is 0. The highest BCUT2D eigenvalue weighted by molar-refractivity contribution is 5.97. The maximum atomic E-state index is 13.3. The lowest BCUT2D eigenvalue weighted by Gasteiger charge is -2.22. The smallest absolute Gasteiger partial charge is 0.425 e. The van der Waals surface area contributed by atoms with Gasteiger partial charge in [-0.2, -0.15) is 23.5 Å². The van der Waals surface area contributed by atoms with E-state index in [1.807, 2.05) is 6.07 Å². The summed E-state index contributed by atoms with van der Waals surface area (Å²) in [6, 6.07) is 6.89. The Hall–Kier alpha value is -3.94. The Kier molecular flexibility index (Phi) is 5.53. The lowest BCUT2D eigenvalue weighted by atomic mass is 10.1. The van der Waals surface area contributed by atoms with Gasteiger partial charge < -0.3 is 9.64 Å². The van der Waals surface area contributed by atoms with Crippen LogP contribution in [0.5, 0.6) is 5.75 Å². The number of nitriles is 1. The number of hydrogen-bond acceptors (Lipinski definition) is 5. The van der Waals surface area contributed by atoms with Crippen molar-refractivity contribution in [1.82, 2.24) is 19.7 Å². The Morgan fingerprint density at radius 1 is 1.27 bits per heavy atom. The maximum absolute atomic E-state index is 13.3. The van der Waals surface area contributed by atoms with Crippen molar-refractivity contribution in [2.45, 2.75) is 39.2 Å². The molecule has 0 radical (unpaired) electrons. The largest absolute Gasteiger partial charge is 0.480 e. The zero-order valence-corrected chi connectivity index (χ0v) is 17.5. The number of benzene rings is 1. The van der Waals surface area contributed by atoms with Crippen LogP contribution in [0.4, 0.5) is 17.6 Å². The molecule has 0 saturated heterocycles. The average Bonchev–Trinajstić information content (AvgIpc) is 3.32. The van der Waals surface area contributed by atoms with Gasteiger partial charge in [-0.05, 0) is 43.7 Å². The molecule has 170 valence electrons. The first-order valence-corrected chi connectivity index (χ1v) is 9.83. The highest BCUT2D eigenvalue weighted by Gasteiger charge is 2.39. The van der Waals surface area contributed by atoms with Gasteiger partial charge in [0.15, 0.2) is 11.9 Å². The maximum Gasteiger partial charge on any atom is 0.425 e. The summed E-state index contributed by atoms with van der Waals surface area (Å²) in [5.74, 6) is -0.867. The molecule has 1 amide bonds. The number of aryl methyl sites for hydroxylation is 1. The molecule has 33 heavy (non-hydrogen) atoms. The van der Waals surface area contributed by atoms with E-state index in [0.717, 1.165) is 18.7 Å². The first kappa shape index (κ1) is 22.3. The van der Waals surface area contributed by atoms with Crippen LogP contribution in [0.3, 0.4) is 0 Å². The van der Waals surface area contributed by atoms with E-state index in [2.05, 4.69) is 10.1 Å². The number of ether oxygens (including phenoxy) is 1. The number of alkyl halides is 3.